The van der Waals surface area contributed by atoms with Gasteiger partial charge in [0.1, 0.15) is 0 Å². The molecule has 1 saturated carbocycles. The Kier molecular flexibility index (Phi) is 2.78. The Morgan fingerprint density at radius 3 is 2.68 bits per heavy atom. The number of hydrogen-bond acceptors (Lipinski definition) is 4. The highest BCUT2D eigenvalue weighted by Crippen LogP contribution is 2.39. The normalized spacial score (nSPS) is 19.7. The largest absolute Gasteiger partial charge is 0.398 e. The van der Waals surface area contributed by atoms with Crippen molar-refractivity contribution in [2.75, 3.05) is 19.5 Å². The third-order valence-electron chi connectivity index (χ3n) is 3.81. The molecule has 2 amide bonds. The van der Waals surface area contributed by atoms with Crippen molar-refractivity contribution in [2.45, 2.75) is 18.9 Å². The van der Waals surface area contributed by atoms with Gasteiger partial charge in [0.25, 0.3) is 11.8 Å². The molecule has 1 fully saturated rings. The number of benzene rings is 1. The van der Waals surface area contributed by atoms with Gasteiger partial charge in [-0.1, -0.05) is 6.07 Å². The van der Waals surface area contributed by atoms with Crippen molar-refractivity contribution in [2.24, 2.45) is 5.92 Å². The molecule has 1 unspecified atom stereocenters. The van der Waals surface area contributed by atoms with Crippen LogP contribution in [0.2, 0.25) is 0 Å². The molecule has 0 bridgehead atoms. The van der Waals surface area contributed by atoms with Gasteiger partial charge in [-0.05, 0) is 30.9 Å². The number of hydrogen-bond donors (Lipinski definition) is 1. The van der Waals surface area contributed by atoms with E-state index in [-0.39, 0.29) is 17.9 Å². The molecule has 5 heteroatoms. The third-order valence-corrected chi connectivity index (χ3v) is 3.81. The second kappa shape index (κ2) is 4.35. The van der Waals surface area contributed by atoms with Crippen molar-refractivity contribution < 1.29 is 14.3 Å². The van der Waals surface area contributed by atoms with E-state index in [1.807, 2.05) is 0 Å². The van der Waals surface area contributed by atoms with Gasteiger partial charge < -0.3 is 10.5 Å². The van der Waals surface area contributed by atoms with Crippen LogP contribution in [0.1, 0.15) is 33.6 Å². The van der Waals surface area contributed by atoms with E-state index < -0.39 is 0 Å². The van der Waals surface area contributed by atoms with E-state index in [4.69, 9.17) is 10.5 Å². The Labute approximate surface area is 111 Å². The van der Waals surface area contributed by atoms with Crippen molar-refractivity contribution in [3.63, 3.8) is 0 Å². The number of carbonyl (C=O) groups excluding carboxylic acids is 2. The summed E-state index contributed by atoms with van der Waals surface area (Å²) in [4.78, 5) is 26.2. The predicted octanol–water partition coefficient (Wildman–Crippen LogP) is 1.29. The molecule has 0 saturated heterocycles. The van der Waals surface area contributed by atoms with Crippen LogP contribution in [-0.2, 0) is 4.74 Å². The molecule has 1 aliphatic carbocycles. The van der Waals surface area contributed by atoms with Gasteiger partial charge in [-0.2, -0.15) is 0 Å². The number of anilines is 1. The first kappa shape index (κ1) is 12.2. The maximum Gasteiger partial charge on any atom is 0.263 e. The number of nitrogens with two attached hydrogens (primary N) is 1. The molecule has 100 valence electrons. The van der Waals surface area contributed by atoms with E-state index in [1.54, 1.807) is 25.3 Å². The van der Waals surface area contributed by atoms with Crippen LogP contribution in [0.15, 0.2) is 18.2 Å². The number of imide groups is 1. The number of nitrogens with zero attached hydrogens (tertiary/aromatic N) is 1. The van der Waals surface area contributed by atoms with E-state index in [1.165, 1.54) is 4.90 Å². The van der Waals surface area contributed by atoms with E-state index in [0.717, 1.165) is 12.8 Å². The first-order valence-electron chi connectivity index (χ1n) is 6.40. The summed E-state index contributed by atoms with van der Waals surface area (Å²) in [6.07, 6.45) is 2.08. The lowest BCUT2D eigenvalue weighted by Gasteiger charge is -2.25. The fourth-order valence-electron chi connectivity index (χ4n) is 2.70. The second-order valence-corrected chi connectivity index (χ2v) is 5.11. The minimum absolute atomic E-state index is 0.170. The van der Waals surface area contributed by atoms with Crippen molar-refractivity contribution in [1.29, 1.82) is 0 Å². The molecule has 19 heavy (non-hydrogen) atoms. The summed E-state index contributed by atoms with van der Waals surface area (Å²) in [6, 6.07) is 4.83. The molecule has 0 spiro atoms. The van der Waals surface area contributed by atoms with Crippen molar-refractivity contribution in [3.05, 3.63) is 29.3 Å². The van der Waals surface area contributed by atoms with E-state index in [9.17, 15) is 9.59 Å². The molecule has 1 atom stereocenters. The molecule has 2 N–H and O–H groups in total. The Balaban J connectivity index is 1.99. The quantitative estimate of drug-likeness (QED) is 0.654. The summed E-state index contributed by atoms with van der Waals surface area (Å²) in [6.45, 7) is 0.385. The molecule has 3 rings (SSSR count). The van der Waals surface area contributed by atoms with Crippen LogP contribution in [-0.4, -0.2) is 36.5 Å². The number of fused-ring (bicyclic) bond motifs is 1. The number of carbonyl (C=O) groups is 2. The number of rotatable bonds is 4. The molecule has 0 radical (unpaired) electrons. The number of amides is 2. The topological polar surface area (TPSA) is 72.6 Å². The second-order valence-electron chi connectivity index (χ2n) is 5.11. The zero-order chi connectivity index (χ0) is 13.6. The fourth-order valence-corrected chi connectivity index (χ4v) is 2.70. The Bertz CT molecular complexity index is 552. The summed E-state index contributed by atoms with van der Waals surface area (Å²) in [7, 11) is 1.59. The van der Waals surface area contributed by atoms with Crippen LogP contribution in [0, 0.1) is 5.92 Å². The molecule has 1 heterocycles. The highest BCUT2D eigenvalue weighted by Gasteiger charge is 2.46. The lowest BCUT2D eigenvalue weighted by atomic mass is 10.1. The summed E-state index contributed by atoms with van der Waals surface area (Å²) >= 11 is 0. The van der Waals surface area contributed by atoms with Crippen LogP contribution in [0.3, 0.4) is 0 Å². The molecule has 2 aliphatic rings. The lowest BCUT2D eigenvalue weighted by molar-refractivity contribution is 0.0437. The zero-order valence-electron chi connectivity index (χ0n) is 10.8. The fraction of sp³-hybridized carbons (Fsp3) is 0.429. The molecular weight excluding hydrogens is 244 g/mol. The van der Waals surface area contributed by atoms with Crippen LogP contribution in [0.4, 0.5) is 5.69 Å². The highest BCUT2D eigenvalue weighted by molar-refractivity contribution is 6.23. The van der Waals surface area contributed by atoms with Gasteiger partial charge in [-0.3, -0.25) is 14.5 Å². The van der Waals surface area contributed by atoms with Crippen LogP contribution < -0.4 is 5.73 Å². The average Bonchev–Trinajstić information content (AvgIpc) is 3.18. The number of methoxy groups -OCH3 is 1. The molecular formula is C14H16N2O3. The predicted molar refractivity (Wildman–Crippen MR) is 69.7 cm³/mol. The van der Waals surface area contributed by atoms with Crippen LogP contribution in [0.25, 0.3) is 0 Å². The lowest BCUT2D eigenvalue weighted by Crippen LogP contribution is -2.44. The average molecular weight is 260 g/mol. The minimum Gasteiger partial charge on any atom is -0.398 e. The van der Waals surface area contributed by atoms with Crippen molar-refractivity contribution in [1.82, 2.24) is 4.90 Å². The number of ether oxygens (including phenoxy) is 1. The monoisotopic (exact) mass is 260 g/mol. The van der Waals surface area contributed by atoms with Crippen molar-refractivity contribution >= 4 is 17.5 Å². The molecule has 5 nitrogen and oxygen atoms in total. The first-order chi connectivity index (χ1) is 9.15. The Morgan fingerprint density at radius 2 is 2.11 bits per heavy atom. The Hall–Kier alpha value is -1.88. The SMILES string of the molecule is COCC(C1CC1)N1C(=O)c2cccc(N)c2C1=O. The highest BCUT2D eigenvalue weighted by atomic mass is 16.5. The maximum atomic E-state index is 12.4. The summed E-state index contributed by atoms with van der Waals surface area (Å²) in [5.41, 5.74) is 6.94. The Morgan fingerprint density at radius 1 is 1.37 bits per heavy atom. The van der Waals surface area contributed by atoms with E-state index in [2.05, 4.69) is 0 Å². The van der Waals surface area contributed by atoms with Crippen LogP contribution >= 0.6 is 0 Å². The van der Waals surface area contributed by atoms with E-state index >= 15 is 0 Å². The van der Waals surface area contributed by atoms with Gasteiger partial charge in [-0.25, -0.2) is 0 Å². The zero-order valence-corrected chi connectivity index (χ0v) is 10.8. The van der Waals surface area contributed by atoms with Gasteiger partial charge in [0.2, 0.25) is 0 Å². The summed E-state index contributed by atoms with van der Waals surface area (Å²) < 4.78 is 5.17. The van der Waals surface area contributed by atoms with Gasteiger partial charge >= 0.3 is 0 Å². The van der Waals surface area contributed by atoms with Gasteiger partial charge in [0, 0.05) is 12.8 Å². The molecule has 0 aromatic heterocycles. The first-order valence-corrected chi connectivity index (χ1v) is 6.40. The van der Waals surface area contributed by atoms with E-state index in [0.29, 0.717) is 29.3 Å². The molecule has 1 aromatic rings. The van der Waals surface area contributed by atoms with Gasteiger partial charge in [0.15, 0.2) is 0 Å². The summed E-state index contributed by atoms with van der Waals surface area (Å²) in [5, 5.41) is 0. The van der Waals surface area contributed by atoms with Crippen molar-refractivity contribution in [3.8, 4) is 0 Å². The van der Waals surface area contributed by atoms with Crippen LogP contribution in [0.5, 0.6) is 0 Å². The summed E-state index contributed by atoms with van der Waals surface area (Å²) in [5.74, 6) is -0.170. The molecule has 1 aliphatic heterocycles. The standard InChI is InChI=1S/C14H16N2O3/c1-19-7-11(8-5-6-8)16-13(17)9-3-2-4-10(15)12(9)14(16)18/h2-4,8,11H,5-7,15H2,1H3. The smallest absolute Gasteiger partial charge is 0.263 e. The number of nitrogen functional groups attached to an aromatic ring is 1. The third kappa shape index (κ3) is 1.81. The maximum absolute atomic E-state index is 12.4. The van der Waals surface area contributed by atoms with Gasteiger partial charge in [0.05, 0.1) is 23.8 Å². The van der Waals surface area contributed by atoms with Gasteiger partial charge in [-0.15, -0.1) is 0 Å². The minimum atomic E-state index is -0.285. The molecule has 1 aromatic carbocycles.